The average molecular weight is 379 g/mol. The first-order valence-corrected chi connectivity index (χ1v) is 10.3. The molecule has 1 aliphatic carbocycles. The van der Waals surface area contributed by atoms with Gasteiger partial charge in [0.2, 0.25) is 0 Å². The molecule has 2 atom stereocenters. The lowest BCUT2D eigenvalue weighted by molar-refractivity contribution is -0.141. The summed E-state index contributed by atoms with van der Waals surface area (Å²) in [7, 11) is 1.35. The summed E-state index contributed by atoms with van der Waals surface area (Å²) in [5.74, 6) is 0.169. The molecule has 0 spiro atoms. The predicted molar refractivity (Wildman–Crippen MR) is 109 cm³/mol. The number of halogens is 1. The van der Waals surface area contributed by atoms with Crippen LogP contribution in [-0.4, -0.2) is 19.1 Å². The molecular weight excluding hydrogens is 343 g/mol. The zero-order chi connectivity index (χ0) is 20.0. The normalized spacial score (nSPS) is 17.6. The van der Waals surface area contributed by atoms with Gasteiger partial charge in [-0.15, -0.1) is 0 Å². The standard InChI is InChI=1S/C22H35FN2O2/c1-5-15(11-21(26)27-4)17-12-19(24)20(13-18(17)23)25-22(14(2)3)16-9-7-6-8-10-16/h12-16,22,25H,5-11,24H2,1-4H3. The first-order chi connectivity index (χ1) is 12.9. The zero-order valence-corrected chi connectivity index (χ0v) is 17.2. The van der Waals surface area contributed by atoms with Gasteiger partial charge in [0.25, 0.3) is 0 Å². The molecule has 1 saturated carbocycles. The Bertz CT molecular complexity index is 627. The Kier molecular flexibility index (Phi) is 7.93. The lowest BCUT2D eigenvalue weighted by Gasteiger charge is -2.35. The van der Waals surface area contributed by atoms with Gasteiger partial charge in [-0.3, -0.25) is 4.79 Å². The van der Waals surface area contributed by atoms with Crippen LogP contribution >= 0.6 is 0 Å². The highest BCUT2D eigenvalue weighted by Gasteiger charge is 2.27. The number of nitrogens with one attached hydrogen (secondary N) is 1. The average Bonchev–Trinajstić information content (AvgIpc) is 2.66. The summed E-state index contributed by atoms with van der Waals surface area (Å²) in [5, 5.41) is 3.54. The Morgan fingerprint density at radius 1 is 1.30 bits per heavy atom. The minimum absolute atomic E-state index is 0.160. The lowest BCUT2D eigenvalue weighted by atomic mass is 9.79. The van der Waals surface area contributed by atoms with E-state index in [4.69, 9.17) is 10.5 Å². The molecule has 1 aromatic carbocycles. The minimum atomic E-state index is -0.334. The van der Waals surface area contributed by atoms with Gasteiger partial charge < -0.3 is 15.8 Å². The minimum Gasteiger partial charge on any atom is -0.469 e. The number of esters is 1. The molecule has 2 unspecified atom stereocenters. The first kappa shape index (κ1) is 21.5. The van der Waals surface area contributed by atoms with E-state index in [9.17, 15) is 9.18 Å². The molecule has 0 aromatic heterocycles. The number of benzene rings is 1. The number of nitrogens with two attached hydrogens (primary N) is 1. The van der Waals surface area contributed by atoms with E-state index in [-0.39, 0.29) is 30.2 Å². The number of rotatable bonds is 8. The van der Waals surface area contributed by atoms with E-state index >= 15 is 0 Å². The summed E-state index contributed by atoms with van der Waals surface area (Å²) in [5.41, 5.74) is 7.97. The van der Waals surface area contributed by atoms with Gasteiger partial charge in [-0.2, -0.15) is 0 Å². The van der Waals surface area contributed by atoms with Crippen molar-refractivity contribution in [3.8, 4) is 0 Å². The number of methoxy groups -OCH3 is 1. The molecule has 2 rings (SSSR count). The van der Waals surface area contributed by atoms with E-state index in [2.05, 4.69) is 19.2 Å². The van der Waals surface area contributed by atoms with Gasteiger partial charge in [-0.1, -0.05) is 40.0 Å². The van der Waals surface area contributed by atoms with Crippen LogP contribution in [0.3, 0.4) is 0 Å². The quantitative estimate of drug-likeness (QED) is 0.464. The first-order valence-electron chi connectivity index (χ1n) is 10.3. The Morgan fingerprint density at radius 2 is 1.96 bits per heavy atom. The Balaban J connectivity index is 2.22. The summed E-state index contributed by atoms with van der Waals surface area (Å²) in [6.07, 6.45) is 7.09. The van der Waals surface area contributed by atoms with E-state index in [0.29, 0.717) is 35.2 Å². The maximum Gasteiger partial charge on any atom is 0.306 e. The van der Waals surface area contributed by atoms with Crippen molar-refractivity contribution >= 4 is 17.3 Å². The van der Waals surface area contributed by atoms with E-state index in [0.717, 1.165) is 0 Å². The zero-order valence-electron chi connectivity index (χ0n) is 17.2. The van der Waals surface area contributed by atoms with Gasteiger partial charge in [0.1, 0.15) is 5.82 Å². The molecule has 1 aromatic rings. The third kappa shape index (κ3) is 5.60. The topological polar surface area (TPSA) is 64.3 Å². The fraction of sp³-hybridized carbons (Fsp3) is 0.682. The molecule has 0 saturated heterocycles. The number of hydrogen-bond acceptors (Lipinski definition) is 4. The van der Waals surface area contributed by atoms with Gasteiger partial charge in [0.05, 0.1) is 24.9 Å². The monoisotopic (exact) mass is 378 g/mol. The van der Waals surface area contributed by atoms with Crippen molar-refractivity contribution in [3.63, 3.8) is 0 Å². The molecule has 3 N–H and O–H groups in total. The Hall–Kier alpha value is -1.78. The molecule has 0 aliphatic heterocycles. The fourth-order valence-corrected chi connectivity index (χ4v) is 4.31. The van der Waals surface area contributed by atoms with Crippen molar-refractivity contribution in [1.29, 1.82) is 0 Å². The second-order valence-corrected chi connectivity index (χ2v) is 8.16. The van der Waals surface area contributed by atoms with Crippen molar-refractivity contribution < 1.29 is 13.9 Å². The molecule has 0 amide bonds. The van der Waals surface area contributed by atoms with Crippen LogP contribution in [0.25, 0.3) is 0 Å². The molecule has 0 bridgehead atoms. The third-order valence-corrected chi connectivity index (χ3v) is 5.94. The maximum atomic E-state index is 14.9. The highest BCUT2D eigenvalue weighted by molar-refractivity contribution is 5.72. The molecule has 27 heavy (non-hydrogen) atoms. The lowest BCUT2D eigenvalue weighted by Crippen LogP contribution is -2.35. The van der Waals surface area contributed by atoms with Gasteiger partial charge in [-0.05, 0) is 54.7 Å². The van der Waals surface area contributed by atoms with Gasteiger partial charge in [-0.25, -0.2) is 4.39 Å². The van der Waals surface area contributed by atoms with Crippen molar-refractivity contribution in [3.05, 3.63) is 23.5 Å². The van der Waals surface area contributed by atoms with Crippen LogP contribution < -0.4 is 11.1 Å². The summed E-state index contributed by atoms with van der Waals surface area (Å²) in [4.78, 5) is 11.6. The summed E-state index contributed by atoms with van der Waals surface area (Å²) in [6, 6.07) is 3.48. The number of ether oxygens (including phenoxy) is 1. The fourth-order valence-electron chi connectivity index (χ4n) is 4.31. The molecule has 4 nitrogen and oxygen atoms in total. The van der Waals surface area contributed by atoms with Crippen LogP contribution in [0.1, 0.15) is 77.2 Å². The van der Waals surface area contributed by atoms with Crippen LogP contribution in [0.5, 0.6) is 0 Å². The molecule has 1 aliphatic rings. The maximum absolute atomic E-state index is 14.9. The van der Waals surface area contributed by atoms with Crippen LogP contribution in [0.15, 0.2) is 12.1 Å². The number of hydrogen-bond donors (Lipinski definition) is 2. The van der Waals surface area contributed by atoms with E-state index in [1.54, 1.807) is 6.07 Å². The molecule has 152 valence electrons. The molecule has 5 heteroatoms. The van der Waals surface area contributed by atoms with Crippen molar-refractivity contribution in [2.24, 2.45) is 11.8 Å². The second kappa shape index (κ2) is 9.95. The SMILES string of the molecule is CCC(CC(=O)OC)c1cc(N)c(NC(C(C)C)C2CCCCC2)cc1F. The van der Waals surface area contributed by atoms with Crippen LogP contribution in [0.2, 0.25) is 0 Å². The smallest absolute Gasteiger partial charge is 0.306 e. The van der Waals surface area contributed by atoms with E-state index in [1.165, 1.54) is 45.3 Å². The summed E-state index contributed by atoms with van der Waals surface area (Å²) < 4.78 is 19.6. The van der Waals surface area contributed by atoms with E-state index < -0.39 is 0 Å². The number of anilines is 2. The van der Waals surface area contributed by atoms with Crippen molar-refractivity contribution in [2.45, 2.75) is 77.7 Å². The number of carbonyl (C=O) groups is 1. The molecule has 0 heterocycles. The number of carbonyl (C=O) groups excluding carboxylic acids is 1. The number of nitrogen functional groups attached to an aromatic ring is 1. The molecular formula is C22H35FN2O2. The summed E-state index contributed by atoms with van der Waals surface area (Å²) in [6.45, 7) is 6.35. The van der Waals surface area contributed by atoms with Gasteiger partial charge in [0.15, 0.2) is 0 Å². The van der Waals surface area contributed by atoms with Crippen molar-refractivity contribution in [2.75, 3.05) is 18.2 Å². The van der Waals surface area contributed by atoms with E-state index in [1.807, 2.05) is 6.92 Å². The van der Waals surface area contributed by atoms with Gasteiger partial charge >= 0.3 is 5.97 Å². The van der Waals surface area contributed by atoms with Crippen LogP contribution in [-0.2, 0) is 9.53 Å². The molecule has 0 radical (unpaired) electrons. The molecule has 1 fully saturated rings. The van der Waals surface area contributed by atoms with Crippen LogP contribution in [0.4, 0.5) is 15.8 Å². The Morgan fingerprint density at radius 3 is 2.52 bits per heavy atom. The second-order valence-electron chi connectivity index (χ2n) is 8.16. The predicted octanol–water partition coefficient (Wildman–Crippen LogP) is 5.48. The highest BCUT2D eigenvalue weighted by atomic mass is 19.1. The third-order valence-electron chi connectivity index (χ3n) is 5.94. The van der Waals surface area contributed by atoms with Crippen LogP contribution in [0, 0.1) is 17.7 Å². The Labute approximate surface area is 163 Å². The highest BCUT2D eigenvalue weighted by Crippen LogP contribution is 2.35. The van der Waals surface area contributed by atoms with Gasteiger partial charge in [0, 0.05) is 6.04 Å². The largest absolute Gasteiger partial charge is 0.469 e. The summed E-state index contributed by atoms with van der Waals surface area (Å²) >= 11 is 0. The van der Waals surface area contributed by atoms with Crippen molar-refractivity contribution in [1.82, 2.24) is 0 Å².